The van der Waals surface area contributed by atoms with Gasteiger partial charge >= 0.3 is 0 Å². The van der Waals surface area contributed by atoms with Gasteiger partial charge in [0.15, 0.2) is 6.61 Å². The number of ether oxygens (including phenoxy) is 1. The number of carbonyl (C=O) groups is 2. The average Bonchev–Trinajstić information content (AvgIpc) is 3.24. The Hall–Kier alpha value is -4.11. The second-order valence-electron chi connectivity index (χ2n) is 7.22. The van der Waals surface area contributed by atoms with Gasteiger partial charge in [-0.2, -0.15) is 5.26 Å². The molecule has 1 fully saturated rings. The summed E-state index contributed by atoms with van der Waals surface area (Å²) < 4.78 is 5.62. The first-order valence-corrected chi connectivity index (χ1v) is 10.1. The van der Waals surface area contributed by atoms with Crippen LogP contribution in [-0.2, 0) is 9.59 Å². The number of carbonyl (C=O) groups excluding carboxylic acids is 2. The molecule has 31 heavy (non-hydrogen) atoms. The number of amides is 2. The molecule has 1 aliphatic rings. The fraction of sp³-hybridized carbons (Fsp3) is 0.160. The monoisotopic (exact) mass is 411 g/mol. The molecule has 154 valence electrons. The van der Waals surface area contributed by atoms with Crippen LogP contribution in [0.15, 0.2) is 72.8 Å². The van der Waals surface area contributed by atoms with Gasteiger partial charge in [-0.3, -0.25) is 9.59 Å². The number of anilines is 2. The molecule has 0 unspecified atom stereocenters. The molecule has 0 saturated carbocycles. The maximum atomic E-state index is 12.4. The van der Waals surface area contributed by atoms with Crippen molar-refractivity contribution in [1.29, 1.82) is 5.26 Å². The summed E-state index contributed by atoms with van der Waals surface area (Å²) in [5.41, 5.74) is 3.92. The lowest BCUT2D eigenvalue weighted by atomic mass is 10.0. The van der Waals surface area contributed by atoms with Gasteiger partial charge < -0.3 is 15.0 Å². The molecule has 4 rings (SSSR count). The predicted molar refractivity (Wildman–Crippen MR) is 119 cm³/mol. The van der Waals surface area contributed by atoms with Crippen LogP contribution in [0.4, 0.5) is 11.4 Å². The first-order chi connectivity index (χ1) is 15.1. The summed E-state index contributed by atoms with van der Waals surface area (Å²) in [6.07, 6.45) is 1.35. The Morgan fingerprint density at radius 1 is 1.00 bits per heavy atom. The normalized spacial score (nSPS) is 13.0. The molecule has 3 aromatic rings. The van der Waals surface area contributed by atoms with Crippen molar-refractivity contribution in [3.05, 3.63) is 78.4 Å². The second kappa shape index (κ2) is 9.14. The van der Waals surface area contributed by atoms with E-state index in [9.17, 15) is 9.59 Å². The van der Waals surface area contributed by atoms with E-state index >= 15 is 0 Å². The zero-order valence-corrected chi connectivity index (χ0v) is 16.9. The fourth-order valence-electron chi connectivity index (χ4n) is 3.53. The fourth-order valence-corrected chi connectivity index (χ4v) is 3.53. The van der Waals surface area contributed by atoms with Crippen LogP contribution in [0.3, 0.4) is 0 Å². The van der Waals surface area contributed by atoms with Crippen molar-refractivity contribution in [2.75, 3.05) is 23.4 Å². The van der Waals surface area contributed by atoms with Gasteiger partial charge in [0.25, 0.3) is 5.91 Å². The van der Waals surface area contributed by atoms with Crippen LogP contribution < -0.4 is 15.0 Å². The van der Waals surface area contributed by atoms with Gasteiger partial charge in [-0.05, 0) is 53.9 Å². The van der Waals surface area contributed by atoms with Crippen LogP contribution in [0.25, 0.3) is 11.1 Å². The molecule has 6 heteroatoms. The Balaban J connectivity index is 1.36. The van der Waals surface area contributed by atoms with Crippen LogP contribution in [-0.4, -0.2) is 25.0 Å². The number of hydrogen-bond donors (Lipinski definition) is 1. The largest absolute Gasteiger partial charge is 0.484 e. The lowest BCUT2D eigenvalue weighted by Crippen LogP contribution is -2.26. The van der Waals surface area contributed by atoms with Gasteiger partial charge in [-0.25, -0.2) is 0 Å². The highest BCUT2D eigenvalue weighted by molar-refractivity contribution is 6.02. The third-order valence-corrected chi connectivity index (χ3v) is 5.11. The molecule has 2 amide bonds. The molecular weight excluding hydrogens is 390 g/mol. The van der Waals surface area contributed by atoms with Crippen molar-refractivity contribution in [3.8, 4) is 22.9 Å². The van der Waals surface area contributed by atoms with Gasteiger partial charge in [0.1, 0.15) is 5.75 Å². The Morgan fingerprint density at radius 3 is 2.32 bits per heavy atom. The van der Waals surface area contributed by atoms with Gasteiger partial charge in [-0.1, -0.05) is 36.4 Å². The van der Waals surface area contributed by atoms with E-state index in [1.54, 1.807) is 35.2 Å². The van der Waals surface area contributed by atoms with Crippen LogP contribution >= 0.6 is 0 Å². The number of nitrogens with zero attached hydrogens (tertiary/aromatic N) is 2. The van der Waals surface area contributed by atoms with E-state index < -0.39 is 0 Å². The molecule has 1 saturated heterocycles. The summed E-state index contributed by atoms with van der Waals surface area (Å²) in [6.45, 7) is 0.520. The van der Waals surface area contributed by atoms with E-state index in [-0.39, 0.29) is 18.4 Å². The van der Waals surface area contributed by atoms with E-state index in [0.29, 0.717) is 35.7 Å². The third kappa shape index (κ3) is 4.73. The van der Waals surface area contributed by atoms with Crippen molar-refractivity contribution in [2.24, 2.45) is 0 Å². The Labute approximate surface area is 180 Å². The van der Waals surface area contributed by atoms with Crippen molar-refractivity contribution in [2.45, 2.75) is 12.8 Å². The Kier molecular flexibility index (Phi) is 5.95. The number of nitrogens with one attached hydrogen (secondary N) is 1. The smallest absolute Gasteiger partial charge is 0.262 e. The van der Waals surface area contributed by atoms with Gasteiger partial charge in [0.2, 0.25) is 5.91 Å². The highest BCUT2D eigenvalue weighted by atomic mass is 16.5. The summed E-state index contributed by atoms with van der Waals surface area (Å²) in [5, 5.41) is 11.7. The first kappa shape index (κ1) is 20.2. The molecule has 6 nitrogen and oxygen atoms in total. The summed E-state index contributed by atoms with van der Waals surface area (Å²) in [4.78, 5) is 26.2. The average molecular weight is 411 g/mol. The molecule has 0 bridgehead atoms. The predicted octanol–water partition coefficient (Wildman–Crippen LogP) is 4.37. The van der Waals surface area contributed by atoms with Crippen LogP contribution in [0.1, 0.15) is 18.4 Å². The Bertz CT molecular complexity index is 1130. The molecule has 0 radical (unpaired) electrons. The molecule has 0 aliphatic carbocycles. The topological polar surface area (TPSA) is 82.4 Å². The van der Waals surface area contributed by atoms with E-state index in [4.69, 9.17) is 10.00 Å². The van der Waals surface area contributed by atoms with Crippen LogP contribution in [0.2, 0.25) is 0 Å². The van der Waals surface area contributed by atoms with E-state index in [0.717, 1.165) is 17.5 Å². The minimum absolute atomic E-state index is 0.0697. The molecule has 1 heterocycles. The van der Waals surface area contributed by atoms with Crippen molar-refractivity contribution in [1.82, 2.24) is 0 Å². The molecule has 0 atom stereocenters. The molecule has 3 aromatic carbocycles. The Morgan fingerprint density at radius 2 is 1.68 bits per heavy atom. The summed E-state index contributed by atoms with van der Waals surface area (Å²) in [5.74, 6) is 0.353. The third-order valence-electron chi connectivity index (χ3n) is 5.11. The zero-order chi connectivity index (χ0) is 21.6. The molecule has 1 N–H and O–H groups in total. The van der Waals surface area contributed by atoms with Gasteiger partial charge in [0.05, 0.1) is 23.0 Å². The number of para-hydroxylation sites is 2. The minimum atomic E-state index is -0.296. The van der Waals surface area contributed by atoms with Crippen LogP contribution in [0, 0.1) is 11.3 Å². The molecule has 0 spiro atoms. The SMILES string of the molecule is N#Cc1ccc(-c2ccc(OCC(=O)Nc3ccccc3N3CCCC3=O)cc2)cc1. The number of hydrogen-bond acceptors (Lipinski definition) is 4. The zero-order valence-electron chi connectivity index (χ0n) is 16.9. The molecule has 0 aromatic heterocycles. The lowest BCUT2D eigenvalue weighted by molar-refractivity contribution is -0.118. The maximum absolute atomic E-state index is 12.4. The van der Waals surface area contributed by atoms with Crippen molar-refractivity contribution < 1.29 is 14.3 Å². The van der Waals surface area contributed by atoms with Crippen LogP contribution in [0.5, 0.6) is 5.75 Å². The summed E-state index contributed by atoms with van der Waals surface area (Å²) in [7, 11) is 0. The number of nitriles is 1. The molecular formula is C25H21N3O3. The van der Waals surface area contributed by atoms with E-state index in [1.165, 1.54) is 0 Å². The second-order valence-corrected chi connectivity index (χ2v) is 7.22. The summed E-state index contributed by atoms with van der Waals surface area (Å²) in [6, 6.07) is 24.1. The number of rotatable bonds is 6. The van der Waals surface area contributed by atoms with Crippen molar-refractivity contribution >= 4 is 23.2 Å². The van der Waals surface area contributed by atoms with Crippen molar-refractivity contribution in [3.63, 3.8) is 0 Å². The standard InChI is InChI=1S/C25H21N3O3/c26-16-18-7-9-19(10-8-18)20-11-13-21(14-12-20)31-17-24(29)27-22-4-1-2-5-23(22)28-15-3-6-25(28)30/h1-2,4-5,7-14H,3,6,15,17H2,(H,27,29). The number of benzene rings is 3. The highest BCUT2D eigenvalue weighted by Gasteiger charge is 2.24. The molecule has 1 aliphatic heterocycles. The van der Waals surface area contributed by atoms with E-state index in [2.05, 4.69) is 11.4 Å². The van der Waals surface area contributed by atoms with Gasteiger partial charge in [0, 0.05) is 13.0 Å². The summed E-state index contributed by atoms with van der Waals surface area (Å²) >= 11 is 0. The lowest BCUT2D eigenvalue weighted by Gasteiger charge is -2.20. The first-order valence-electron chi connectivity index (χ1n) is 10.1. The maximum Gasteiger partial charge on any atom is 0.262 e. The quantitative estimate of drug-likeness (QED) is 0.653. The highest BCUT2D eigenvalue weighted by Crippen LogP contribution is 2.29. The van der Waals surface area contributed by atoms with E-state index in [1.807, 2.05) is 42.5 Å². The van der Waals surface area contributed by atoms with Gasteiger partial charge in [-0.15, -0.1) is 0 Å². The minimum Gasteiger partial charge on any atom is -0.484 e.